The summed E-state index contributed by atoms with van der Waals surface area (Å²) in [5.74, 6) is 1.73. The molecule has 1 N–H and O–H groups in total. The van der Waals surface area contributed by atoms with Crippen LogP contribution in [0.3, 0.4) is 0 Å². The van der Waals surface area contributed by atoms with Crippen molar-refractivity contribution in [3.05, 3.63) is 48.0 Å². The summed E-state index contributed by atoms with van der Waals surface area (Å²) in [4.78, 5) is 2.11. The van der Waals surface area contributed by atoms with Gasteiger partial charge >= 0.3 is 0 Å². The molecule has 1 aliphatic heterocycles. The van der Waals surface area contributed by atoms with Crippen LogP contribution in [0.5, 0.6) is 17.2 Å². The summed E-state index contributed by atoms with van der Waals surface area (Å²) in [6.07, 6.45) is 0. The van der Waals surface area contributed by atoms with Gasteiger partial charge < -0.3 is 19.1 Å². The summed E-state index contributed by atoms with van der Waals surface area (Å²) in [6.45, 7) is 1.09. The van der Waals surface area contributed by atoms with Gasteiger partial charge in [-0.1, -0.05) is 12.1 Å². The molecule has 8 heteroatoms. The topological polar surface area (TPSA) is 77.1 Å². The Labute approximate surface area is 159 Å². The number of hydrogen-bond acceptors (Lipinski definition) is 6. The Morgan fingerprint density at radius 2 is 1.85 bits per heavy atom. The van der Waals surface area contributed by atoms with Crippen LogP contribution in [0.15, 0.2) is 47.4 Å². The molecular weight excluding hydrogens is 368 g/mol. The maximum Gasteiger partial charge on any atom is 0.240 e. The van der Waals surface area contributed by atoms with Crippen LogP contribution in [0, 0.1) is 0 Å². The second-order valence-electron chi connectivity index (χ2n) is 6.41. The SMILES string of the molecule is COc1cccc(C(CNS(=O)(=O)c2ccc3c(c2)OCCO3)N(C)C)c1. The highest BCUT2D eigenvalue weighted by Crippen LogP contribution is 2.32. The van der Waals surface area contributed by atoms with E-state index in [-0.39, 0.29) is 17.5 Å². The fourth-order valence-electron chi connectivity index (χ4n) is 2.91. The van der Waals surface area contributed by atoms with Crippen molar-refractivity contribution in [2.75, 3.05) is 41.0 Å². The lowest BCUT2D eigenvalue weighted by atomic mass is 10.1. The van der Waals surface area contributed by atoms with Gasteiger partial charge in [-0.25, -0.2) is 13.1 Å². The van der Waals surface area contributed by atoms with Crippen LogP contribution in [-0.4, -0.2) is 54.3 Å². The van der Waals surface area contributed by atoms with E-state index >= 15 is 0 Å². The number of sulfonamides is 1. The predicted octanol–water partition coefficient (Wildman–Crippen LogP) is 2.05. The molecule has 27 heavy (non-hydrogen) atoms. The van der Waals surface area contributed by atoms with Crippen molar-refractivity contribution in [3.8, 4) is 17.2 Å². The standard InChI is InChI=1S/C19H24N2O5S/c1-21(2)17(14-5-4-6-15(11-14)24-3)13-20-27(22,23)16-7-8-18-19(12-16)26-10-9-25-18/h4-8,11-12,17,20H,9-10,13H2,1-3H3. The van der Waals surface area contributed by atoms with E-state index in [9.17, 15) is 8.42 Å². The van der Waals surface area contributed by atoms with E-state index in [1.165, 1.54) is 12.1 Å². The number of methoxy groups -OCH3 is 1. The molecule has 3 rings (SSSR count). The molecule has 0 bridgehead atoms. The minimum Gasteiger partial charge on any atom is -0.497 e. The van der Waals surface area contributed by atoms with Crippen LogP contribution in [0.25, 0.3) is 0 Å². The monoisotopic (exact) mass is 392 g/mol. The van der Waals surface area contributed by atoms with E-state index in [0.717, 1.165) is 11.3 Å². The van der Waals surface area contributed by atoms with Crippen LogP contribution in [0.2, 0.25) is 0 Å². The minimum atomic E-state index is -3.69. The van der Waals surface area contributed by atoms with Crippen molar-refractivity contribution < 1.29 is 22.6 Å². The Balaban J connectivity index is 1.78. The molecule has 0 saturated heterocycles. The molecule has 2 aromatic carbocycles. The molecule has 0 spiro atoms. The maximum absolute atomic E-state index is 12.7. The van der Waals surface area contributed by atoms with Crippen molar-refractivity contribution in [2.45, 2.75) is 10.9 Å². The van der Waals surface area contributed by atoms with Crippen molar-refractivity contribution >= 4 is 10.0 Å². The third-order valence-electron chi connectivity index (χ3n) is 4.39. The molecular formula is C19H24N2O5S. The molecule has 1 aliphatic rings. The van der Waals surface area contributed by atoms with Gasteiger partial charge in [-0.3, -0.25) is 0 Å². The highest BCUT2D eigenvalue weighted by Gasteiger charge is 2.22. The van der Waals surface area contributed by atoms with Crippen molar-refractivity contribution in [1.82, 2.24) is 9.62 Å². The molecule has 0 aromatic heterocycles. The first-order chi connectivity index (χ1) is 12.9. The van der Waals surface area contributed by atoms with Gasteiger partial charge in [-0.05, 0) is 43.9 Å². The minimum absolute atomic E-state index is 0.146. The number of likely N-dealkylation sites (N-methyl/N-ethyl adjacent to an activating group) is 1. The molecule has 0 radical (unpaired) electrons. The van der Waals surface area contributed by atoms with Crippen LogP contribution in [-0.2, 0) is 10.0 Å². The van der Waals surface area contributed by atoms with E-state index in [1.54, 1.807) is 13.2 Å². The molecule has 2 aromatic rings. The van der Waals surface area contributed by atoms with E-state index in [4.69, 9.17) is 14.2 Å². The Hall–Kier alpha value is -2.29. The highest BCUT2D eigenvalue weighted by atomic mass is 32.2. The molecule has 1 unspecified atom stereocenters. The normalized spacial score (nSPS) is 14.8. The van der Waals surface area contributed by atoms with Gasteiger partial charge in [-0.2, -0.15) is 0 Å². The molecule has 0 fully saturated rings. The van der Waals surface area contributed by atoms with Gasteiger partial charge in [0.05, 0.1) is 12.0 Å². The Morgan fingerprint density at radius 3 is 2.56 bits per heavy atom. The van der Waals surface area contributed by atoms with E-state index < -0.39 is 10.0 Å². The summed E-state index contributed by atoms with van der Waals surface area (Å²) in [5.41, 5.74) is 0.962. The number of ether oxygens (including phenoxy) is 3. The third kappa shape index (κ3) is 4.52. The molecule has 7 nitrogen and oxygen atoms in total. The maximum atomic E-state index is 12.7. The lowest BCUT2D eigenvalue weighted by Crippen LogP contribution is -2.34. The molecule has 0 saturated carbocycles. The second kappa shape index (κ2) is 8.16. The summed E-state index contributed by atoms with van der Waals surface area (Å²) < 4.78 is 44.4. The zero-order valence-electron chi connectivity index (χ0n) is 15.6. The quantitative estimate of drug-likeness (QED) is 0.777. The predicted molar refractivity (Wildman–Crippen MR) is 102 cm³/mol. The Morgan fingerprint density at radius 1 is 1.11 bits per heavy atom. The average molecular weight is 392 g/mol. The first kappa shape index (κ1) is 19.5. The lowest BCUT2D eigenvalue weighted by Gasteiger charge is -2.25. The molecule has 0 amide bonds. The number of fused-ring (bicyclic) bond motifs is 1. The second-order valence-corrected chi connectivity index (χ2v) is 8.18. The third-order valence-corrected chi connectivity index (χ3v) is 5.81. The number of rotatable bonds is 7. The fourth-order valence-corrected chi connectivity index (χ4v) is 3.96. The zero-order chi connectivity index (χ0) is 19.4. The zero-order valence-corrected chi connectivity index (χ0v) is 16.5. The Kier molecular flexibility index (Phi) is 5.88. The molecule has 146 valence electrons. The van der Waals surface area contributed by atoms with Gasteiger partial charge in [0, 0.05) is 18.7 Å². The Bertz CT molecular complexity index is 899. The number of nitrogens with one attached hydrogen (secondary N) is 1. The molecule has 1 atom stereocenters. The molecule has 1 heterocycles. The van der Waals surface area contributed by atoms with Crippen molar-refractivity contribution in [1.29, 1.82) is 0 Å². The highest BCUT2D eigenvalue weighted by molar-refractivity contribution is 7.89. The van der Waals surface area contributed by atoms with Gasteiger partial charge in [0.1, 0.15) is 19.0 Å². The summed E-state index contributed by atoms with van der Waals surface area (Å²) in [7, 11) is 1.73. The summed E-state index contributed by atoms with van der Waals surface area (Å²) in [5, 5.41) is 0. The largest absolute Gasteiger partial charge is 0.497 e. The summed E-state index contributed by atoms with van der Waals surface area (Å²) >= 11 is 0. The van der Waals surface area contributed by atoms with Gasteiger partial charge in [0.2, 0.25) is 10.0 Å². The van der Waals surface area contributed by atoms with Gasteiger partial charge in [0.25, 0.3) is 0 Å². The van der Waals surface area contributed by atoms with E-state index in [0.29, 0.717) is 24.7 Å². The molecule has 0 aliphatic carbocycles. The smallest absolute Gasteiger partial charge is 0.240 e. The first-order valence-electron chi connectivity index (χ1n) is 8.60. The lowest BCUT2D eigenvalue weighted by molar-refractivity contribution is 0.171. The summed E-state index contributed by atoms with van der Waals surface area (Å²) in [6, 6.07) is 12.1. The van der Waals surface area contributed by atoms with Crippen LogP contribution in [0.4, 0.5) is 0 Å². The van der Waals surface area contributed by atoms with E-state index in [2.05, 4.69) is 4.72 Å². The van der Waals surface area contributed by atoms with Crippen LogP contribution >= 0.6 is 0 Å². The van der Waals surface area contributed by atoms with E-state index in [1.807, 2.05) is 43.3 Å². The van der Waals surface area contributed by atoms with Crippen molar-refractivity contribution in [3.63, 3.8) is 0 Å². The van der Waals surface area contributed by atoms with Gasteiger partial charge in [0.15, 0.2) is 11.5 Å². The number of nitrogens with zero attached hydrogens (tertiary/aromatic N) is 1. The van der Waals surface area contributed by atoms with Crippen LogP contribution in [0.1, 0.15) is 11.6 Å². The van der Waals surface area contributed by atoms with Gasteiger partial charge in [-0.15, -0.1) is 0 Å². The average Bonchev–Trinajstić information content (AvgIpc) is 2.67. The van der Waals surface area contributed by atoms with Crippen LogP contribution < -0.4 is 18.9 Å². The van der Waals surface area contributed by atoms with Crippen molar-refractivity contribution in [2.24, 2.45) is 0 Å². The first-order valence-corrected chi connectivity index (χ1v) is 10.1. The number of hydrogen-bond donors (Lipinski definition) is 1. The fraction of sp³-hybridized carbons (Fsp3) is 0.368. The number of benzene rings is 2.